The molecule has 6 heteroatoms. The molecule has 3 rings (SSSR count). The summed E-state index contributed by atoms with van der Waals surface area (Å²) in [6, 6.07) is 13.9. The van der Waals surface area contributed by atoms with Crippen LogP contribution in [0.3, 0.4) is 0 Å². The average Bonchev–Trinajstić information content (AvgIpc) is 2.64. The second kappa shape index (κ2) is 8.77. The molecule has 1 aliphatic heterocycles. The quantitative estimate of drug-likeness (QED) is 0.846. The molecule has 2 aromatic rings. The normalized spacial score (nSPS) is 15.3. The molecule has 0 atom stereocenters. The molecule has 0 saturated carbocycles. The highest BCUT2D eigenvalue weighted by Gasteiger charge is 2.25. The first kappa shape index (κ1) is 19.0. The van der Waals surface area contributed by atoms with Gasteiger partial charge in [-0.15, -0.1) is 0 Å². The van der Waals surface area contributed by atoms with E-state index in [1.807, 2.05) is 6.07 Å². The Labute approximate surface area is 158 Å². The first-order valence-electron chi connectivity index (χ1n) is 9.15. The minimum atomic E-state index is -0.184. The Morgan fingerprint density at radius 2 is 1.70 bits per heavy atom. The molecule has 2 N–H and O–H groups in total. The molecule has 5 nitrogen and oxygen atoms in total. The summed E-state index contributed by atoms with van der Waals surface area (Å²) in [5.41, 5.74) is 2.01. The van der Waals surface area contributed by atoms with Gasteiger partial charge >= 0.3 is 0 Å². The number of hydrogen-bond acceptors (Lipinski definition) is 3. The minimum Gasteiger partial charge on any atom is -0.326 e. The Morgan fingerprint density at radius 1 is 1.04 bits per heavy atom. The number of rotatable bonds is 5. The molecule has 142 valence electrons. The monoisotopic (exact) mass is 369 g/mol. The lowest BCUT2D eigenvalue weighted by Crippen LogP contribution is -2.37. The van der Waals surface area contributed by atoms with Crippen LogP contribution in [0.15, 0.2) is 48.5 Å². The van der Waals surface area contributed by atoms with Crippen LogP contribution in [-0.4, -0.2) is 29.8 Å². The zero-order valence-corrected chi connectivity index (χ0v) is 15.4. The zero-order chi connectivity index (χ0) is 19.2. The first-order valence-corrected chi connectivity index (χ1v) is 9.15. The van der Waals surface area contributed by atoms with E-state index in [9.17, 15) is 14.0 Å². The third kappa shape index (κ3) is 5.37. The number of piperidine rings is 1. The SMILES string of the molecule is CC(=O)Nc1cccc(NC(=O)C2CCN(Cc3ccccc3F)CC2)c1. The molecule has 0 aliphatic carbocycles. The summed E-state index contributed by atoms with van der Waals surface area (Å²) in [4.78, 5) is 25.9. The molecule has 2 amide bonds. The molecule has 27 heavy (non-hydrogen) atoms. The summed E-state index contributed by atoms with van der Waals surface area (Å²) in [7, 11) is 0. The van der Waals surface area contributed by atoms with Crippen LogP contribution >= 0.6 is 0 Å². The highest BCUT2D eigenvalue weighted by Crippen LogP contribution is 2.22. The van der Waals surface area contributed by atoms with Gasteiger partial charge in [0.05, 0.1) is 0 Å². The fraction of sp³-hybridized carbons (Fsp3) is 0.333. The van der Waals surface area contributed by atoms with Crippen LogP contribution in [0.1, 0.15) is 25.3 Å². The molecular weight excluding hydrogens is 345 g/mol. The molecule has 0 unspecified atom stereocenters. The van der Waals surface area contributed by atoms with E-state index in [-0.39, 0.29) is 23.5 Å². The number of benzene rings is 2. The maximum Gasteiger partial charge on any atom is 0.227 e. The Bertz CT molecular complexity index is 817. The minimum absolute atomic E-state index is 0.0134. The molecule has 1 aliphatic rings. The van der Waals surface area contributed by atoms with Gasteiger partial charge in [0.1, 0.15) is 5.82 Å². The van der Waals surface area contributed by atoms with E-state index in [4.69, 9.17) is 0 Å². The summed E-state index contributed by atoms with van der Waals surface area (Å²) in [5.74, 6) is -0.413. The number of hydrogen-bond donors (Lipinski definition) is 2. The average molecular weight is 369 g/mol. The lowest BCUT2D eigenvalue weighted by atomic mass is 9.95. The number of anilines is 2. The van der Waals surface area contributed by atoms with Crippen molar-refractivity contribution in [3.63, 3.8) is 0 Å². The number of carbonyl (C=O) groups excluding carboxylic acids is 2. The predicted molar refractivity (Wildman–Crippen MR) is 104 cm³/mol. The van der Waals surface area contributed by atoms with Crippen LogP contribution in [0.25, 0.3) is 0 Å². The van der Waals surface area contributed by atoms with Crippen molar-refractivity contribution in [1.82, 2.24) is 4.90 Å². The van der Waals surface area contributed by atoms with E-state index in [2.05, 4.69) is 15.5 Å². The molecule has 1 heterocycles. The number of nitrogens with zero attached hydrogens (tertiary/aromatic N) is 1. The van der Waals surface area contributed by atoms with Crippen molar-refractivity contribution in [3.8, 4) is 0 Å². The van der Waals surface area contributed by atoms with Crippen LogP contribution in [0, 0.1) is 11.7 Å². The second-order valence-corrected chi connectivity index (χ2v) is 6.89. The van der Waals surface area contributed by atoms with Crippen LogP contribution in [0.2, 0.25) is 0 Å². The van der Waals surface area contributed by atoms with Crippen molar-refractivity contribution in [2.75, 3.05) is 23.7 Å². The van der Waals surface area contributed by atoms with Crippen LogP contribution in [-0.2, 0) is 16.1 Å². The van der Waals surface area contributed by atoms with Gasteiger partial charge in [-0.25, -0.2) is 4.39 Å². The smallest absolute Gasteiger partial charge is 0.227 e. The van der Waals surface area contributed by atoms with Gasteiger partial charge in [0, 0.05) is 36.3 Å². The summed E-state index contributed by atoms with van der Waals surface area (Å²) in [5, 5.41) is 5.63. The summed E-state index contributed by atoms with van der Waals surface area (Å²) >= 11 is 0. The Balaban J connectivity index is 1.51. The third-order valence-electron chi connectivity index (χ3n) is 4.76. The van der Waals surface area contributed by atoms with Gasteiger partial charge in [-0.2, -0.15) is 0 Å². The standard InChI is InChI=1S/C21H24FN3O2/c1-15(26)23-18-6-4-7-19(13-18)24-21(27)16-9-11-25(12-10-16)14-17-5-2-3-8-20(17)22/h2-8,13,16H,9-12,14H2,1H3,(H,23,26)(H,24,27). The highest BCUT2D eigenvalue weighted by molar-refractivity contribution is 5.94. The molecule has 0 spiro atoms. The van der Waals surface area contributed by atoms with Gasteiger partial charge < -0.3 is 10.6 Å². The maximum atomic E-state index is 13.8. The van der Waals surface area contributed by atoms with E-state index in [1.165, 1.54) is 13.0 Å². The van der Waals surface area contributed by atoms with Crippen molar-refractivity contribution < 1.29 is 14.0 Å². The Hall–Kier alpha value is -2.73. The van der Waals surface area contributed by atoms with E-state index < -0.39 is 0 Å². The second-order valence-electron chi connectivity index (χ2n) is 6.89. The van der Waals surface area contributed by atoms with Crippen molar-refractivity contribution in [3.05, 3.63) is 59.9 Å². The molecule has 0 radical (unpaired) electrons. The topological polar surface area (TPSA) is 61.4 Å². The van der Waals surface area contributed by atoms with Gasteiger partial charge in [0.25, 0.3) is 0 Å². The first-order chi connectivity index (χ1) is 13.0. The van der Waals surface area contributed by atoms with Crippen LogP contribution in [0.5, 0.6) is 0 Å². The molecular formula is C21H24FN3O2. The van der Waals surface area contributed by atoms with Crippen LogP contribution in [0.4, 0.5) is 15.8 Å². The molecule has 0 bridgehead atoms. The highest BCUT2D eigenvalue weighted by atomic mass is 19.1. The summed E-state index contributed by atoms with van der Waals surface area (Å²) < 4.78 is 13.8. The predicted octanol–water partition coefficient (Wildman–Crippen LogP) is 3.63. The summed E-state index contributed by atoms with van der Waals surface area (Å²) in [6.45, 7) is 3.54. The molecule has 1 saturated heterocycles. The van der Waals surface area contributed by atoms with Crippen molar-refractivity contribution >= 4 is 23.2 Å². The lowest BCUT2D eigenvalue weighted by molar-refractivity contribution is -0.121. The fourth-order valence-corrected chi connectivity index (χ4v) is 3.34. The lowest BCUT2D eigenvalue weighted by Gasteiger charge is -2.31. The Kier molecular flexibility index (Phi) is 6.19. The van der Waals surface area contributed by atoms with E-state index in [0.29, 0.717) is 23.5 Å². The number of halogens is 1. The molecule has 1 fully saturated rings. The number of likely N-dealkylation sites (tertiary alicyclic amines) is 1. The van der Waals surface area contributed by atoms with Gasteiger partial charge in [-0.1, -0.05) is 24.3 Å². The van der Waals surface area contributed by atoms with Gasteiger partial charge in [-0.05, 0) is 50.2 Å². The van der Waals surface area contributed by atoms with Gasteiger partial charge in [0.15, 0.2) is 0 Å². The van der Waals surface area contributed by atoms with E-state index in [1.54, 1.807) is 36.4 Å². The van der Waals surface area contributed by atoms with Crippen molar-refractivity contribution in [2.24, 2.45) is 5.92 Å². The van der Waals surface area contributed by atoms with E-state index in [0.717, 1.165) is 25.9 Å². The molecule has 0 aromatic heterocycles. The Morgan fingerprint density at radius 3 is 2.37 bits per heavy atom. The number of carbonyl (C=O) groups is 2. The maximum absolute atomic E-state index is 13.8. The molecule has 2 aromatic carbocycles. The zero-order valence-electron chi connectivity index (χ0n) is 15.4. The van der Waals surface area contributed by atoms with Crippen molar-refractivity contribution in [2.45, 2.75) is 26.3 Å². The van der Waals surface area contributed by atoms with Gasteiger partial charge in [0.2, 0.25) is 11.8 Å². The fourth-order valence-electron chi connectivity index (χ4n) is 3.34. The third-order valence-corrected chi connectivity index (χ3v) is 4.76. The van der Waals surface area contributed by atoms with E-state index >= 15 is 0 Å². The van der Waals surface area contributed by atoms with Crippen molar-refractivity contribution in [1.29, 1.82) is 0 Å². The van der Waals surface area contributed by atoms with Gasteiger partial charge in [-0.3, -0.25) is 14.5 Å². The number of amides is 2. The summed E-state index contributed by atoms with van der Waals surface area (Å²) in [6.07, 6.45) is 1.48. The van der Waals surface area contributed by atoms with Crippen LogP contribution < -0.4 is 10.6 Å². The number of nitrogens with one attached hydrogen (secondary N) is 2. The largest absolute Gasteiger partial charge is 0.326 e.